The number of hydrogen-bond acceptors (Lipinski definition) is 6. The van der Waals surface area contributed by atoms with Gasteiger partial charge in [-0.2, -0.15) is 5.10 Å². The molecule has 1 unspecified atom stereocenters. The number of aryl methyl sites for hydroxylation is 1. The first kappa shape index (κ1) is 24.2. The second-order valence-electron chi connectivity index (χ2n) is 10.1. The lowest BCUT2D eigenvalue weighted by Gasteiger charge is -2.32. The zero-order chi connectivity index (χ0) is 23.6. The van der Waals surface area contributed by atoms with Crippen LogP contribution >= 0.6 is 0 Å². The molecule has 3 heterocycles. The van der Waals surface area contributed by atoms with Crippen LogP contribution in [0.15, 0.2) is 18.3 Å². The molecule has 4 rings (SSSR count). The van der Waals surface area contributed by atoms with E-state index in [0.29, 0.717) is 13.0 Å². The van der Waals surface area contributed by atoms with E-state index < -0.39 is 18.3 Å². The molecule has 1 aromatic heterocycles. The van der Waals surface area contributed by atoms with Crippen molar-refractivity contribution in [2.75, 3.05) is 13.2 Å². The van der Waals surface area contributed by atoms with Crippen molar-refractivity contribution in [3.63, 3.8) is 0 Å². The Hall–Kier alpha value is -1.90. The molecule has 0 spiro atoms. The molecule has 2 aliphatic rings. The van der Waals surface area contributed by atoms with E-state index in [1.54, 1.807) is 0 Å². The highest BCUT2D eigenvalue weighted by Crippen LogP contribution is 2.38. The standard InChI is InChI=1S/C25H37BN2O5/c1-6-30-22(29)13-8-7-11-18-14-15-20-19(17-27-28(20)21-12-9-10-16-31-21)23(18)26-32-24(2,3)25(4,5)33-26/h14-15,17,21H,6-13,16H2,1-5H3. The van der Waals surface area contributed by atoms with E-state index in [-0.39, 0.29) is 12.2 Å². The quantitative estimate of drug-likeness (QED) is 0.335. The monoisotopic (exact) mass is 456 g/mol. The largest absolute Gasteiger partial charge is 0.495 e. The van der Waals surface area contributed by atoms with Crippen LogP contribution in [0, 0.1) is 0 Å². The third kappa shape index (κ3) is 4.98. The molecule has 1 atom stereocenters. The number of aromatic nitrogens is 2. The number of fused-ring (bicyclic) bond motifs is 1. The number of ether oxygens (including phenoxy) is 2. The Morgan fingerprint density at radius 1 is 1.18 bits per heavy atom. The summed E-state index contributed by atoms with van der Waals surface area (Å²) < 4.78 is 26.0. The van der Waals surface area contributed by atoms with Gasteiger partial charge in [-0.1, -0.05) is 6.07 Å². The third-order valence-electron chi connectivity index (χ3n) is 7.21. The van der Waals surface area contributed by atoms with Crippen LogP contribution in [0.1, 0.15) is 84.9 Å². The Morgan fingerprint density at radius 3 is 2.61 bits per heavy atom. The molecule has 180 valence electrons. The molecule has 0 saturated carbocycles. The van der Waals surface area contributed by atoms with Crippen LogP contribution in [-0.4, -0.2) is 47.3 Å². The Bertz CT molecular complexity index is 965. The summed E-state index contributed by atoms with van der Waals surface area (Å²) in [7, 11) is -0.469. The molecule has 0 amide bonds. The van der Waals surface area contributed by atoms with Gasteiger partial charge in [-0.25, -0.2) is 4.68 Å². The summed E-state index contributed by atoms with van der Waals surface area (Å²) in [6.07, 6.45) is 8.07. The summed E-state index contributed by atoms with van der Waals surface area (Å²) in [4.78, 5) is 11.7. The van der Waals surface area contributed by atoms with Crippen LogP contribution in [0.5, 0.6) is 0 Å². The van der Waals surface area contributed by atoms with Gasteiger partial charge in [0.1, 0.15) is 0 Å². The lowest BCUT2D eigenvalue weighted by molar-refractivity contribution is -0.143. The van der Waals surface area contributed by atoms with Crippen LogP contribution < -0.4 is 5.46 Å². The zero-order valence-electron chi connectivity index (χ0n) is 20.7. The second kappa shape index (κ2) is 9.76. The summed E-state index contributed by atoms with van der Waals surface area (Å²) in [6.45, 7) is 11.3. The fourth-order valence-electron chi connectivity index (χ4n) is 4.61. The Morgan fingerprint density at radius 2 is 1.94 bits per heavy atom. The first-order valence-corrected chi connectivity index (χ1v) is 12.4. The predicted molar refractivity (Wildman–Crippen MR) is 128 cm³/mol. The van der Waals surface area contributed by atoms with E-state index >= 15 is 0 Å². The van der Waals surface area contributed by atoms with Crippen molar-refractivity contribution < 1.29 is 23.6 Å². The normalized spacial score (nSPS) is 22.1. The van der Waals surface area contributed by atoms with Gasteiger partial charge >= 0.3 is 13.1 Å². The molecule has 2 aliphatic heterocycles. The number of esters is 1. The van der Waals surface area contributed by atoms with Crippen molar-refractivity contribution >= 4 is 29.5 Å². The van der Waals surface area contributed by atoms with Crippen molar-refractivity contribution in [2.45, 2.75) is 97.0 Å². The molecule has 7 nitrogen and oxygen atoms in total. The lowest BCUT2D eigenvalue weighted by Crippen LogP contribution is -2.41. The van der Waals surface area contributed by atoms with E-state index in [1.165, 1.54) is 5.56 Å². The number of rotatable bonds is 8. The molecule has 0 radical (unpaired) electrons. The van der Waals surface area contributed by atoms with E-state index in [2.05, 4.69) is 39.8 Å². The summed E-state index contributed by atoms with van der Waals surface area (Å²) in [5.74, 6) is -0.132. The summed E-state index contributed by atoms with van der Waals surface area (Å²) in [5.41, 5.74) is 2.41. The minimum absolute atomic E-state index is 0.0298. The molecular formula is C25H37BN2O5. The average Bonchev–Trinajstić information content (AvgIpc) is 3.29. The first-order chi connectivity index (χ1) is 15.7. The molecule has 33 heavy (non-hydrogen) atoms. The Balaban J connectivity index is 1.64. The summed E-state index contributed by atoms with van der Waals surface area (Å²) in [6, 6.07) is 4.30. The van der Waals surface area contributed by atoms with Gasteiger partial charge in [0.25, 0.3) is 0 Å². The van der Waals surface area contributed by atoms with Gasteiger partial charge in [0.15, 0.2) is 6.23 Å². The minimum atomic E-state index is -0.469. The topological polar surface area (TPSA) is 71.8 Å². The molecule has 2 aromatic rings. The highest BCUT2D eigenvalue weighted by Gasteiger charge is 2.52. The maximum absolute atomic E-state index is 11.7. The Kier molecular flexibility index (Phi) is 7.17. The SMILES string of the molecule is CCOC(=O)CCCCc1ccc2c(cnn2C2CCCCO2)c1B1OC(C)(C)C(C)(C)O1. The smallest absolute Gasteiger partial charge is 0.466 e. The van der Waals surface area contributed by atoms with Gasteiger partial charge in [0.05, 0.1) is 29.5 Å². The number of carbonyl (C=O) groups excluding carboxylic acids is 1. The number of nitrogens with zero attached hydrogens (tertiary/aromatic N) is 2. The molecule has 0 bridgehead atoms. The van der Waals surface area contributed by atoms with Crippen molar-refractivity contribution in [3.8, 4) is 0 Å². The predicted octanol–water partition coefficient (Wildman–Crippen LogP) is 4.31. The number of benzene rings is 1. The molecule has 2 fully saturated rings. The van der Waals surface area contributed by atoms with Gasteiger partial charge in [-0.15, -0.1) is 0 Å². The molecule has 8 heteroatoms. The first-order valence-electron chi connectivity index (χ1n) is 12.4. The fraction of sp³-hybridized carbons (Fsp3) is 0.680. The number of hydrogen-bond donors (Lipinski definition) is 0. The van der Waals surface area contributed by atoms with E-state index in [1.807, 2.05) is 17.8 Å². The molecule has 1 aromatic carbocycles. The van der Waals surface area contributed by atoms with Gasteiger partial charge < -0.3 is 18.8 Å². The van der Waals surface area contributed by atoms with Crippen LogP contribution in [0.25, 0.3) is 10.9 Å². The van der Waals surface area contributed by atoms with E-state index in [0.717, 1.165) is 61.5 Å². The number of unbranched alkanes of at least 4 members (excludes halogenated alkanes) is 1. The van der Waals surface area contributed by atoms with Crippen LogP contribution in [0.4, 0.5) is 0 Å². The molecular weight excluding hydrogens is 419 g/mol. The molecule has 0 aliphatic carbocycles. The summed E-state index contributed by atoms with van der Waals surface area (Å²) in [5, 5.41) is 5.77. The van der Waals surface area contributed by atoms with E-state index in [9.17, 15) is 4.79 Å². The van der Waals surface area contributed by atoms with Gasteiger partial charge in [0.2, 0.25) is 0 Å². The molecule has 0 N–H and O–H groups in total. The second-order valence-corrected chi connectivity index (χ2v) is 10.1. The van der Waals surface area contributed by atoms with Crippen molar-refractivity contribution in [1.82, 2.24) is 9.78 Å². The molecule has 2 saturated heterocycles. The average molecular weight is 456 g/mol. The fourth-order valence-corrected chi connectivity index (χ4v) is 4.61. The van der Waals surface area contributed by atoms with Crippen LogP contribution in [0.3, 0.4) is 0 Å². The van der Waals surface area contributed by atoms with Crippen LogP contribution in [-0.2, 0) is 30.0 Å². The highest BCUT2D eigenvalue weighted by atomic mass is 16.7. The van der Waals surface area contributed by atoms with E-state index in [4.69, 9.17) is 23.9 Å². The van der Waals surface area contributed by atoms with Crippen molar-refractivity contribution in [2.24, 2.45) is 0 Å². The van der Waals surface area contributed by atoms with Crippen LogP contribution in [0.2, 0.25) is 0 Å². The number of carbonyl (C=O) groups is 1. The minimum Gasteiger partial charge on any atom is -0.466 e. The Labute approximate surface area is 197 Å². The summed E-state index contributed by atoms with van der Waals surface area (Å²) >= 11 is 0. The van der Waals surface area contributed by atoms with Gasteiger partial charge in [-0.05, 0) is 90.2 Å². The third-order valence-corrected chi connectivity index (χ3v) is 7.21. The maximum Gasteiger partial charge on any atom is 0.495 e. The lowest BCUT2D eigenvalue weighted by atomic mass is 9.73. The van der Waals surface area contributed by atoms with Gasteiger partial charge in [-0.3, -0.25) is 4.79 Å². The zero-order valence-corrected chi connectivity index (χ0v) is 20.7. The van der Waals surface area contributed by atoms with Gasteiger partial charge in [0, 0.05) is 18.4 Å². The maximum atomic E-state index is 11.7. The highest BCUT2D eigenvalue weighted by molar-refractivity contribution is 6.65. The van der Waals surface area contributed by atoms with Crippen molar-refractivity contribution in [1.29, 1.82) is 0 Å². The van der Waals surface area contributed by atoms with Crippen molar-refractivity contribution in [3.05, 3.63) is 23.9 Å².